The normalized spacial score (nSPS) is 12.2. The molecule has 0 fully saturated rings. The molecule has 1 N–H and O–H groups in total. The predicted octanol–water partition coefficient (Wildman–Crippen LogP) is 4.52. The van der Waals surface area contributed by atoms with E-state index in [2.05, 4.69) is 58.8 Å². The van der Waals surface area contributed by atoms with Crippen molar-refractivity contribution in [2.45, 2.75) is 19.5 Å². The summed E-state index contributed by atoms with van der Waals surface area (Å²) in [6.07, 6.45) is 1.58. The molecule has 0 aliphatic rings. The monoisotopic (exact) mass is 345 g/mol. The number of nitrogens with zero attached hydrogens (tertiary/aromatic N) is 2. The standard InChI is InChI=1S/C21H19N3O2/c1-15-9-11-17(12-10-15)20(16-6-3-2-4-7-16)22-14-19-23-24-21(26-19)18-8-5-13-25-18/h2-13,20,22H,14H2,1H3. The van der Waals surface area contributed by atoms with E-state index in [0.29, 0.717) is 24.1 Å². The van der Waals surface area contributed by atoms with Crippen LogP contribution in [0.4, 0.5) is 0 Å². The van der Waals surface area contributed by atoms with Crippen LogP contribution in [0.15, 0.2) is 81.8 Å². The SMILES string of the molecule is Cc1ccc(C(NCc2nnc(-c3ccco3)o2)c2ccccc2)cc1. The van der Waals surface area contributed by atoms with E-state index in [9.17, 15) is 0 Å². The molecule has 0 saturated heterocycles. The second-order valence-electron chi connectivity index (χ2n) is 6.11. The van der Waals surface area contributed by atoms with Gasteiger partial charge in [0.25, 0.3) is 5.89 Å². The minimum Gasteiger partial charge on any atom is -0.459 e. The first-order valence-corrected chi connectivity index (χ1v) is 8.51. The summed E-state index contributed by atoms with van der Waals surface area (Å²) in [5, 5.41) is 11.7. The van der Waals surface area contributed by atoms with Gasteiger partial charge >= 0.3 is 0 Å². The molecule has 4 aromatic rings. The Morgan fingerprint density at radius 2 is 1.65 bits per heavy atom. The molecule has 0 saturated carbocycles. The van der Waals surface area contributed by atoms with Crippen LogP contribution in [0.3, 0.4) is 0 Å². The van der Waals surface area contributed by atoms with Gasteiger partial charge in [0.15, 0.2) is 5.76 Å². The van der Waals surface area contributed by atoms with Gasteiger partial charge in [-0.25, -0.2) is 0 Å². The fraction of sp³-hybridized carbons (Fsp3) is 0.143. The van der Waals surface area contributed by atoms with Crippen molar-refractivity contribution in [3.05, 3.63) is 95.6 Å². The molecule has 1 unspecified atom stereocenters. The van der Waals surface area contributed by atoms with Crippen molar-refractivity contribution in [3.63, 3.8) is 0 Å². The van der Waals surface area contributed by atoms with E-state index in [1.165, 1.54) is 16.7 Å². The molecule has 4 rings (SSSR count). The van der Waals surface area contributed by atoms with Gasteiger partial charge in [0.1, 0.15) is 0 Å². The van der Waals surface area contributed by atoms with Gasteiger partial charge in [-0.1, -0.05) is 60.2 Å². The summed E-state index contributed by atoms with van der Waals surface area (Å²) >= 11 is 0. The highest BCUT2D eigenvalue weighted by molar-refractivity contribution is 5.42. The van der Waals surface area contributed by atoms with Gasteiger partial charge in [0.05, 0.1) is 18.8 Å². The smallest absolute Gasteiger partial charge is 0.283 e. The Morgan fingerprint density at radius 3 is 2.38 bits per heavy atom. The van der Waals surface area contributed by atoms with Gasteiger partial charge in [0.2, 0.25) is 5.89 Å². The maximum Gasteiger partial charge on any atom is 0.283 e. The van der Waals surface area contributed by atoms with E-state index >= 15 is 0 Å². The zero-order valence-electron chi connectivity index (χ0n) is 14.4. The molecule has 2 heterocycles. The third kappa shape index (κ3) is 3.58. The van der Waals surface area contributed by atoms with Crippen LogP contribution in [0, 0.1) is 6.92 Å². The van der Waals surface area contributed by atoms with E-state index in [-0.39, 0.29) is 6.04 Å². The summed E-state index contributed by atoms with van der Waals surface area (Å²) in [7, 11) is 0. The molecule has 0 radical (unpaired) electrons. The zero-order chi connectivity index (χ0) is 17.8. The lowest BCUT2D eigenvalue weighted by Gasteiger charge is -2.19. The number of furan rings is 1. The molecule has 0 spiro atoms. The van der Waals surface area contributed by atoms with Gasteiger partial charge in [-0.15, -0.1) is 10.2 Å². The molecule has 0 amide bonds. The van der Waals surface area contributed by atoms with Gasteiger partial charge in [0, 0.05) is 0 Å². The summed E-state index contributed by atoms with van der Waals surface area (Å²) in [6, 6.07) is 22.5. The van der Waals surface area contributed by atoms with Crippen molar-refractivity contribution in [1.29, 1.82) is 0 Å². The molecular weight excluding hydrogens is 326 g/mol. The van der Waals surface area contributed by atoms with Crippen molar-refractivity contribution in [2.24, 2.45) is 0 Å². The number of aryl methyl sites for hydroxylation is 1. The molecule has 0 aliphatic carbocycles. The van der Waals surface area contributed by atoms with Gasteiger partial charge in [-0.2, -0.15) is 0 Å². The van der Waals surface area contributed by atoms with Crippen LogP contribution in [0.5, 0.6) is 0 Å². The zero-order valence-corrected chi connectivity index (χ0v) is 14.4. The average molecular weight is 345 g/mol. The fourth-order valence-electron chi connectivity index (χ4n) is 2.85. The van der Waals surface area contributed by atoms with Gasteiger partial charge in [-0.05, 0) is 30.2 Å². The summed E-state index contributed by atoms with van der Waals surface area (Å²) in [4.78, 5) is 0. The molecular formula is C21H19N3O2. The topological polar surface area (TPSA) is 64.1 Å². The molecule has 1 atom stereocenters. The average Bonchev–Trinajstić information content (AvgIpc) is 3.36. The van der Waals surface area contributed by atoms with E-state index < -0.39 is 0 Å². The lowest BCUT2D eigenvalue weighted by Crippen LogP contribution is -2.22. The molecule has 5 nitrogen and oxygen atoms in total. The van der Waals surface area contributed by atoms with Crippen molar-refractivity contribution in [3.8, 4) is 11.7 Å². The lowest BCUT2D eigenvalue weighted by atomic mass is 9.98. The third-order valence-corrected chi connectivity index (χ3v) is 4.20. The molecule has 0 aliphatic heterocycles. The molecule has 0 bridgehead atoms. The Bertz CT molecular complexity index is 945. The number of nitrogens with one attached hydrogen (secondary N) is 1. The van der Waals surface area contributed by atoms with Gasteiger partial charge in [-0.3, -0.25) is 5.32 Å². The van der Waals surface area contributed by atoms with Crippen LogP contribution < -0.4 is 5.32 Å². The number of hydrogen-bond acceptors (Lipinski definition) is 5. The Balaban J connectivity index is 1.54. The fourth-order valence-corrected chi connectivity index (χ4v) is 2.85. The van der Waals surface area contributed by atoms with E-state index in [1.54, 1.807) is 18.4 Å². The summed E-state index contributed by atoms with van der Waals surface area (Å²) in [5.41, 5.74) is 3.61. The Morgan fingerprint density at radius 1 is 0.885 bits per heavy atom. The maximum absolute atomic E-state index is 5.69. The number of hydrogen-bond donors (Lipinski definition) is 1. The molecule has 2 aromatic heterocycles. The lowest BCUT2D eigenvalue weighted by molar-refractivity contribution is 0.449. The van der Waals surface area contributed by atoms with Crippen molar-refractivity contribution >= 4 is 0 Å². The van der Waals surface area contributed by atoms with Crippen LogP contribution in [-0.2, 0) is 6.54 Å². The third-order valence-electron chi connectivity index (χ3n) is 4.20. The Hall–Kier alpha value is -3.18. The second-order valence-corrected chi connectivity index (χ2v) is 6.11. The maximum atomic E-state index is 5.69. The van der Waals surface area contributed by atoms with Crippen molar-refractivity contribution < 1.29 is 8.83 Å². The van der Waals surface area contributed by atoms with Gasteiger partial charge < -0.3 is 8.83 Å². The summed E-state index contributed by atoms with van der Waals surface area (Å²) < 4.78 is 11.0. The first-order valence-electron chi connectivity index (χ1n) is 8.51. The van der Waals surface area contributed by atoms with E-state index in [1.807, 2.05) is 18.2 Å². The predicted molar refractivity (Wildman–Crippen MR) is 98.3 cm³/mol. The quantitative estimate of drug-likeness (QED) is 0.557. The summed E-state index contributed by atoms with van der Waals surface area (Å²) in [6.45, 7) is 2.55. The minimum absolute atomic E-state index is 0.0377. The first-order chi connectivity index (χ1) is 12.8. The highest BCUT2D eigenvalue weighted by atomic mass is 16.4. The second kappa shape index (κ2) is 7.37. The van der Waals surface area contributed by atoms with Crippen LogP contribution in [0.25, 0.3) is 11.7 Å². The molecule has 26 heavy (non-hydrogen) atoms. The van der Waals surface area contributed by atoms with Crippen molar-refractivity contribution in [2.75, 3.05) is 0 Å². The minimum atomic E-state index is 0.0377. The number of aromatic nitrogens is 2. The first kappa shape index (κ1) is 16.3. The van der Waals surface area contributed by atoms with E-state index in [0.717, 1.165) is 0 Å². The number of rotatable bonds is 6. The highest BCUT2D eigenvalue weighted by Crippen LogP contribution is 2.23. The van der Waals surface area contributed by atoms with Crippen LogP contribution in [-0.4, -0.2) is 10.2 Å². The van der Waals surface area contributed by atoms with Crippen LogP contribution >= 0.6 is 0 Å². The van der Waals surface area contributed by atoms with E-state index in [4.69, 9.17) is 8.83 Å². The molecule has 5 heteroatoms. The Kier molecular flexibility index (Phi) is 4.62. The summed E-state index contributed by atoms with van der Waals surface area (Å²) in [5.74, 6) is 1.48. The molecule has 2 aromatic carbocycles. The number of benzene rings is 2. The Labute approximate surface area is 151 Å². The highest BCUT2D eigenvalue weighted by Gasteiger charge is 2.16. The largest absolute Gasteiger partial charge is 0.459 e. The van der Waals surface area contributed by atoms with Crippen LogP contribution in [0.2, 0.25) is 0 Å². The van der Waals surface area contributed by atoms with Crippen molar-refractivity contribution in [1.82, 2.24) is 15.5 Å². The van der Waals surface area contributed by atoms with Crippen LogP contribution in [0.1, 0.15) is 28.6 Å². The molecule has 130 valence electrons.